The van der Waals surface area contributed by atoms with Gasteiger partial charge in [-0.05, 0) is 43.2 Å². The van der Waals surface area contributed by atoms with E-state index in [2.05, 4.69) is 10.3 Å². The maximum atomic E-state index is 11.2. The summed E-state index contributed by atoms with van der Waals surface area (Å²) in [6, 6.07) is 17.2. The molecule has 0 aliphatic carbocycles. The van der Waals surface area contributed by atoms with Crippen LogP contribution < -0.4 is 16.8 Å². The minimum atomic E-state index is -0.270. The lowest BCUT2D eigenvalue weighted by Gasteiger charge is -2.19. The molecule has 0 amide bonds. The molecule has 0 fully saturated rings. The van der Waals surface area contributed by atoms with E-state index in [1.807, 2.05) is 73.1 Å². The van der Waals surface area contributed by atoms with Crippen LogP contribution in [0.5, 0.6) is 5.75 Å². The average Bonchev–Trinajstić information content (AvgIpc) is 3.12. The zero-order valence-electron chi connectivity index (χ0n) is 18.3. The number of pyridine rings is 1. The summed E-state index contributed by atoms with van der Waals surface area (Å²) in [6.45, 7) is 4.91. The molecule has 1 unspecified atom stereocenters. The van der Waals surface area contributed by atoms with Gasteiger partial charge in [-0.25, -0.2) is 0 Å². The van der Waals surface area contributed by atoms with Gasteiger partial charge in [-0.3, -0.25) is 9.67 Å². The van der Waals surface area contributed by atoms with Crippen LogP contribution in [0.15, 0.2) is 67.0 Å². The first-order chi connectivity index (χ1) is 15.5. The summed E-state index contributed by atoms with van der Waals surface area (Å²) < 4.78 is 1.82. The third-order valence-corrected chi connectivity index (χ3v) is 5.48. The number of aromatic hydroxyl groups is 1. The Labute approximate surface area is 187 Å². The van der Waals surface area contributed by atoms with Crippen molar-refractivity contribution in [2.24, 2.45) is 5.73 Å². The standard InChI is InChI=1S/C25H28N6O/c1-16-5-8-20(9-6-16)23-25(32)24(31(30-23)15-19-4-3-11-28-14-19)17(2)29-22-12-18(13-26)7-10-21(22)27/h3-12,14,17,29,32H,13,15,26-27H2,1-2H3. The molecule has 4 rings (SSSR count). The summed E-state index contributed by atoms with van der Waals surface area (Å²) in [6.07, 6.45) is 3.54. The minimum Gasteiger partial charge on any atom is -0.504 e. The Morgan fingerprint density at radius 1 is 1.09 bits per heavy atom. The largest absolute Gasteiger partial charge is 0.504 e. The van der Waals surface area contributed by atoms with Crippen molar-refractivity contribution in [1.82, 2.24) is 14.8 Å². The molecule has 1 atom stereocenters. The molecular formula is C25H28N6O. The Morgan fingerprint density at radius 2 is 1.88 bits per heavy atom. The number of aromatic nitrogens is 3. The highest BCUT2D eigenvalue weighted by Crippen LogP contribution is 2.37. The Kier molecular flexibility index (Phi) is 6.09. The van der Waals surface area contributed by atoms with Crippen LogP contribution in [0.2, 0.25) is 0 Å². The minimum absolute atomic E-state index is 0.145. The number of aryl methyl sites for hydroxylation is 1. The van der Waals surface area contributed by atoms with E-state index in [1.54, 1.807) is 12.4 Å². The molecule has 7 heteroatoms. The number of nitrogens with two attached hydrogens (primary N) is 2. The van der Waals surface area contributed by atoms with Gasteiger partial charge in [-0.2, -0.15) is 5.10 Å². The van der Waals surface area contributed by atoms with Crippen molar-refractivity contribution < 1.29 is 5.11 Å². The highest BCUT2D eigenvalue weighted by atomic mass is 16.3. The fourth-order valence-electron chi connectivity index (χ4n) is 3.74. The molecule has 4 aromatic rings. The normalized spacial score (nSPS) is 12.0. The number of nitrogen functional groups attached to an aromatic ring is 1. The van der Waals surface area contributed by atoms with Crippen LogP contribution in [-0.2, 0) is 13.1 Å². The van der Waals surface area contributed by atoms with Gasteiger partial charge >= 0.3 is 0 Å². The molecule has 32 heavy (non-hydrogen) atoms. The van der Waals surface area contributed by atoms with Crippen molar-refractivity contribution in [2.75, 3.05) is 11.1 Å². The van der Waals surface area contributed by atoms with E-state index < -0.39 is 0 Å². The lowest BCUT2D eigenvalue weighted by Crippen LogP contribution is -2.15. The SMILES string of the molecule is Cc1ccc(-c2nn(Cc3cccnc3)c(C(C)Nc3cc(CN)ccc3N)c2O)cc1. The summed E-state index contributed by atoms with van der Waals surface area (Å²) in [7, 11) is 0. The molecule has 2 heterocycles. The smallest absolute Gasteiger partial charge is 0.167 e. The maximum Gasteiger partial charge on any atom is 0.167 e. The maximum absolute atomic E-state index is 11.2. The first kappa shape index (κ1) is 21.4. The molecule has 0 saturated carbocycles. The van der Waals surface area contributed by atoms with E-state index in [1.165, 1.54) is 0 Å². The van der Waals surface area contributed by atoms with Crippen LogP contribution in [0.3, 0.4) is 0 Å². The molecule has 6 N–H and O–H groups in total. The molecule has 0 bridgehead atoms. The van der Waals surface area contributed by atoms with Crippen LogP contribution in [0, 0.1) is 6.92 Å². The van der Waals surface area contributed by atoms with Crippen molar-refractivity contribution in [3.8, 4) is 17.0 Å². The van der Waals surface area contributed by atoms with Gasteiger partial charge in [0.05, 0.1) is 24.0 Å². The van der Waals surface area contributed by atoms with Gasteiger partial charge in [0.2, 0.25) is 0 Å². The lowest BCUT2D eigenvalue weighted by atomic mass is 10.1. The molecule has 7 nitrogen and oxygen atoms in total. The highest BCUT2D eigenvalue weighted by Gasteiger charge is 2.24. The summed E-state index contributed by atoms with van der Waals surface area (Å²) in [5.41, 5.74) is 18.5. The first-order valence-corrected chi connectivity index (χ1v) is 10.6. The summed E-state index contributed by atoms with van der Waals surface area (Å²) >= 11 is 0. The number of nitrogens with zero attached hydrogens (tertiary/aromatic N) is 3. The molecule has 2 aromatic carbocycles. The van der Waals surface area contributed by atoms with Crippen molar-refractivity contribution in [1.29, 1.82) is 0 Å². The van der Waals surface area contributed by atoms with Gasteiger partial charge in [-0.15, -0.1) is 0 Å². The zero-order valence-corrected chi connectivity index (χ0v) is 18.3. The average molecular weight is 429 g/mol. The zero-order chi connectivity index (χ0) is 22.7. The molecular weight excluding hydrogens is 400 g/mol. The number of rotatable bonds is 7. The summed E-state index contributed by atoms with van der Waals surface area (Å²) in [5, 5.41) is 19.4. The van der Waals surface area contributed by atoms with Gasteiger partial charge in [0.1, 0.15) is 11.4 Å². The van der Waals surface area contributed by atoms with Crippen molar-refractivity contribution in [3.05, 3.63) is 89.4 Å². The number of benzene rings is 2. The number of anilines is 2. The number of nitrogens with one attached hydrogen (secondary N) is 1. The van der Waals surface area contributed by atoms with E-state index in [0.29, 0.717) is 30.2 Å². The van der Waals surface area contributed by atoms with E-state index in [4.69, 9.17) is 16.6 Å². The number of hydrogen-bond acceptors (Lipinski definition) is 6. The highest BCUT2D eigenvalue weighted by molar-refractivity contribution is 5.70. The Bertz CT molecular complexity index is 1200. The summed E-state index contributed by atoms with van der Waals surface area (Å²) in [4.78, 5) is 4.20. The van der Waals surface area contributed by atoms with Crippen LogP contribution in [0.4, 0.5) is 11.4 Å². The lowest BCUT2D eigenvalue weighted by molar-refractivity contribution is 0.461. The van der Waals surface area contributed by atoms with Gasteiger partial charge in [0.25, 0.3) is 0 Å². The Balaban J connectivity index is 1.75. The predicted octanol–water partition coefficient (Wildman–Crippen LogP) is 4.22. The second-order valence-electron chi connectivity index (χ2n) is 7.96. The van der Waals surface area contributed by atoms with E-state index in [-0.39, 0.29) is 11.8 Å². The molecule has 0 aliphatic rings. The Morgan fingerprint density at radius 3 is 2.56 bits per heavy atom. The fraction of sp³-hybridized carbons (Fsp3) is 0.200. The molecule has 0 saturated heterocycles. The van der Waals surface area contributed by atoms with Crippen molar-refractivity contribution in [3.63, 3.8) is 0 Å². The second kappa shape index (κ2) is 9.11. The Hall–Kier alpha value is -3.84. The van der Waals surface area contributed by atoms with Crippen molar-refractivity contribution >= 4 is 11.4 Å². The van der Waals surface area contributed by atoms with Gasteiger partial charge < -0.3 is 21.9 Å². The van der Waals surface area contributed by atoms with Crippen LogP contribution >= 0.6 is 0 Å². The molecule has 0 radical (unpaired) electrons. The van der Waals surface area contributed by atoms with Crippen LogP contribution in [0.25, 0.3) is 11.3 Å². The van der Waals surface area contributed by atoms with Gasteiger partial charge in [0.15, 0.2) is 5.75 Å². The monoisotopic (exact) mass is 428 g/mol. The first-order valence-electron chi connectivity index (χ1n) is 10.6. The van der Waals surface area contributed by atoms with Gasteiger partial charge in [-0.1, -0.05) is 42.0 Å². The third kappa shape index (κ3) is 4.43. The van der Waals surface area contributed by atoms with Crippen molar-refractivity contribution in [2.45, 2.75) is 33.0 Å². The third-order valence-electron chi connectivity index (χ3n) is 5.48. The van der Waals surface area contributed by atoms with Gasteiger partial charge in [0, 0.05) is 24.5 Å². The van der Waals surface area contributed by atoms with E-state index in [0.717, 1.165) is 27.9 Å². The van der Waals surface area contributed by atoms with E-state index >= 15 is 0 Å². The van der Waals surface area contributed by atoms with E-state index in [9.17, 15) is 5.11 Å². The van der Waals surface area contributed by atoms with Crippen LogP contribution in [0.1, 0.15) is 35.3 Å². The predicted molar refractivity (Wildman–Crippen MR) is 128 cm³/mol. The van der Waals surface area contributed by atoms with Crippen LogP contribution in [-0.4, -0.2) is 19.9 Å². The molecule has 164 valence electrons. The summed E-state index contributed by atoms with van der Waals surface area (Å²) in [5.74, 6) is 0.145. The molecule has 2 aromatic heterocycles. The quantitative estimate of drug-likeness (QED) is 0.328. The topological polar surface area (TPSA) is 115 Å². The number of hydrogen-bond donors (Lipinski definition) is 4. The fourth-order valence-corrected chi connectivity index (χ4v) is 3.74. The molecule has 0 spiro atoms. The second-order valence-corrected chi connectivity index (χ2v) is 7.96. The molecule has 0 aliphatic heterocycles.